The van der Waals surface area contributed by atoms with E-state index in [1.807, 2.05) is 48.4 Å². The molecule has 7 heteroatoms. The number of aromatic amines is 1. The lowest BCUT2D eigenvalue weighted by atomic mass is 10.1. The van der Waals surface area contributed by atoms with Gasteiger partial charge in [0.05, 0.1) is 6.54 Å². The van der Waals surface area contributed by atoms with Crippen molar-refractivity contribution in [1.29, 1.82) is 0 Å². The Morgan fingerprint density at radius 2 is 1.96 bits per heavy atom. The molecule has 0 bridgehead atoms. The standard InChI is InChI=1S/C20H17N7/c1-26-20-18(17(25-26)16-7-3-8-21-12-16)23-19(24-20)15-6-2-5-14(11-15)13-27-10-4-9-22-27/h2-12H,13H2,1H3,(H,23,24). The molecule has 1 N–H and O–H groups in total. The minimum Gasteiger partial charge on any atom is -0.335 e. The number of nitrogens with one attached hydrogen (secondary N) is 1. The Kier molecular flexibility index (Phi) is 3.57. The molecular formula is C20H17N7. The molecule has 0 aliphatic carbocycles. The van der Waals surface area contributed by atoms with E-state index in [2.05, 4.69) is 38.4 Å². The van der Waals surface area contributed by atoms with Crippen LogP contribution in [0.15, 0.2) is 67.3 Å². The summed E-state index contributed by atoms with van der Waals surface area (Å²) in [5, 5.41) is 8.87. The summed E-state index contributed by atoms with van der Waals surface area (Å²) in [6.45, 7) is 0.726. The Labute approximate surface area is 155 Å². The molecular weight excluding hydrogens is 338 g/mol. The number of pyridine rings is 1. The van der Waals surface area contributed by atoms with E-state index in [0.29, 0.717) is 0 Å². The van der Waals surface area contributed by atoms with Crippen molar-refractivity contribution in [3.8, 4) is 22.6 Å². The van der Waals surface area contributed by atoms with Crippen LogP contribution >= 0.6 is 0 Å². The molecule has 132 valence electrons. The predicted octanol–water partition coefficient (Wildman–Crippen LogP) is 3.27. The van der Waals surface area contributed by atoms with Gasteiger partial charge in [-0.3, -0.25) is 9.67 Å². The molecule has 0 saturated carbocycles. The first-order valence-electron chi connectivity index (χ1n) is 8.68. The number of benzene rings is 1. The Hall–Kier alpha value is -3.74. The van der Waals surface area contributed by atoms with Gasteiger partial charge in [-0.15, -0.1) is 0 Å². The van der Waals surface area contributed by atoms with Gasteiger partial charge in [0.2, 0.25) is 0 Å². The van der Waals surface area contributed by atoms with Crippen molar-refractivity contribution in [1.82, 2.24) is 34.5 Å². The van der Waals surface area contributed by atoms with E-state index < -0.39 is 0 Å². The number of aryl methyl sites for hydroxylation is 1. The topological polar surface area (TPSA) is 77.2 Å². The third kappa shape index (κ3) is 2.79. The highest BCUT2D eigenvalue weighted by atomic mass is 15.3. The van der Waals surface area contributed by atoms with Crippen molar-refractivity contribution in [2.75, 3.05) is 0 Å². The van der Waals surface area contributed by atoms with Crippen molar-refractivity contribution in [3.63, 3.8) is 0 Å². The van der Waals surface area contributed by atoms with Crippen LogP contribution in [0.1, 0.15) is 5.56 Å². The smallest absolute Gasteiger partial charge is 0.177 e. The highest BCUT2D eigenvalue weighted by Crippen LogP contribution is 2.28. The van der Waals surface area contributed by atoms with E-state index in [9.17, 15) is 0 Å². The normalized spacial score (nSPS) is 11.3. The van der Waals surface area contributed by atoms with E-state index in [-0.39, 0.29) is 0 Å². The van der Waals surface area contributed by atoms with Gasteiger partial charge in [-0.25, -0.2) is 9.67 Å². The number of H-pyrrole nitrogens is 1. The molecule has 0 amide bonds. The highest BCUT2D eigenvalue weighted by molar-refractivity contribution is 5.90. The Bertz CT molecular complexity index is 1200. The highest BCUT2D eigenvalue weighted by Gasteiger charge is 2.16. The second-order valence-electron chi connectivity index (χ2n) is 6.40. The summed E-state index contributed by atoms with van der Waals surface area (Å²) in [5.41, 5.74) is 5.76. The molecule has 27 heavy (non-hydrogen) atoms. The number of hydrogen-bond donors (Lipinski definition) is 1. The molecule has 0 fully saturated rings. The molecule has 4 aromatic heterocycles. The first-order valence-corrected chi connectivity index (χ1v) is 8.68. The third-order valence-electron chi connectivity index (χ3n) is 4.52. The van der Waals surface area contributed by atoms with E-state index in [1.165, 1.54) is 5.56 Å². The van der Waals surface area contributed by atoms with Crippen LogP contribution in [0, 0.1) is 0 Å². The van der Waals surface area contributed by atoms with E-state index >= 15 is 0 Å². The van der Waals surface area contributed by atoms with Gasteiger partial charge >= 0.3 is 0 Å². The summed E-state index contributed by atoms with van der Waals surface area (Å²) >= 11 is 0. The van der Waals surface area contributed by atoms with Gasteiger partial charge in [0.15, 0.2) is 5.65 Å². The summed E-state index contributed by atoms with van der Waals surface area (Å²) < 4.78 is 3.70. The molecule has 0 aliphatic rings. The lowest BCUT2D eigenvalue weighted by Gasteiger charge is -2.04. The van der Waals surface area contributed by atoms with Gasteiger partial charge in [0.1, 0.15) is 17.0 Å². The second kappa shape index (κ2) is 6.21. The predicted molar refractivity (Wildman–Crippen MR) is 103 cm³/mol. The number of imidazole rings is 1. The van der Waals surface area contributed by atoms with Crippen molar-refractivity contribution in [2.45, 2.75) is 6.54 Å². The molecule has 0 atom stereocenters. The van der Waals surface area contributed by atoms with Gasteiger partial charge in [-0.05, 0) is 29.8 Å². The number of fused-ring (bicyclic) bond motifs is 1. The number of rotatable bonds is 4. The Morgan fingerprint density at radius 3 is 2.78 bits per heavy atom. The van der Waals surface area contributed by atoms with Gasteiger partial charge in [-0.1, -0.05) is 18.2 Å². The van der Waals surface area contributed by atoms with Crippen molar-refractivity contribution < 1.29 is 0 Å². The van der Waals surface area contributed by atoms with Crippen LogP contribution in [0.4, 0.5) is 0 Å². The Morgan fingerprint density at radius 1 is 1.04 bits per heavy atom. The zero-order valence-electron chi connectivity index (χ0n) is 14.7. The molecule has 1 aromatic carbocycles. The molecule has 7 nitrogen and oxygen atoms in total. The maximum absolute atomic E-state index is 4.77. The fraction of sp³-hybridized carbons (Fsp3) is 0.100. The average Bonchev–Trinajstić information content (AvgIpc) is 3.42. The van der Waals surface area contributed by atoms with E-state index in [1.54, 1.807) is 17.1 Å². The molecule has 0 aliphatic heterocycles. The van der Waals surface area contributed by atoms with Crippen molar-refractivity contribution >= 4 is 11.2 Å². The van der Waals surface area contributed by atoms with Crippen LogP contribution < -0.4 is 0 Å². The lowest BCUT2D eigenvalue weighted by Crippen LogP contribution is -1.99. The van der Waals surface area contributed by atoms with Crippen molar-refractivity contribution in [2.24, 2.45) is 7.05 Å². The minimum absolute atomic E-state index is 0.726. The number of hydrogen-bond acceptors (Lipinski definition) is 4. The zero-order chi connectivity index (χ0) is 18.2. The number of aromatic nitrogens is 7. The molecule has 5 aromatic rings. The summed E-state index contributed by atoms with van der Waals surface area (Å²) in [6, 6.07) is 14.2. The molecule has 0 unspecified atom stereocenters. The minimum atomic E-state index is 0.726. The van der Waals surface area contributed by atoms with Crippen LogP contribution in [0.5, 0.6) is 0 Å². The molecule has 4 heterocycles. The fourth-order valence-electron chi connectivity index (χ4n) is 3.25. The molecule has 5 rings (SSSR count). The molecule has 0 spiro atoms. The monoisotopic (exact) mass is 355 g/mol. The summed E-state index contributed by atoms with van der Waals surface area (Å²) in [4.78, 5) is 12.4. The van der Waals surface area contributed by atoms with Crippen LogP contribution in [0.25, 0.3) is 33.8 Å². The first kappa shape index (κ1) is 15.5. The van der Waals surface area contributed by atoms with E-state index in [4.69, 9.17) is 4.98 Å². The van der Waals surface area contributed by atoms with Gasteiger partial charge in [0.25, 0.3) is 0 Å². The van der Waals surface area contributed by atoms with Crippen LogP contribution in [-0.2, 0) is 13.6 Å². The maximum atomic E-state index is 4.77. The van der Waals surface area contributed by atoms with Gasteiger partial charge < -0.3 is 4.98 Å². The van der Waals surface area contributed by atoms with Crippen LogP contribution in [0.3, 0.4) is 0 Å². The summed E-state index contributed by atoms with van der Waals surface area (Å²) in [5.74, 6) is 0.824. The largest absolute Gasteiger partial charge is 0.335 e. The summed E-state index contributed by atoms with van der Waals surface area (Å²) in [7, 11) is 1.90. The quantitative estimate of drug-likeness (QED) is 0.537. The lowest BCUT2D eigenvalue weighted by molar-refractivity contribution is 0.687. The summed E-state index contributed by atoms with van der Waals surface area (Å²) in [6.07, 6.45) is 7.32. The Balaban J connectivity index is 1.56. The van der Waals surface area contributed by atoms with Crippen LogP contribution in [-0.4, -0.2) is 34.5 Å². The van der Waals surface area contributed by atoms with Crippen LogP contribution in [0.2, 0.25) is 0 Å². The number of nitrogens with zero attached hydrogens (tertiary/aromatic N) is 6. The molecule has 0 saturated heterocycles. The molecule has 0 radical (unpaired) electrons. The van der Waals surface area contributed by atoms with E-state index in [0.717, 1.165) is 40.4 Å². The van der Waals surface area contributed by atoms with Gasteiger partial charge in [0, 0.05) is 43.0 Å². The maximum Gasteiger partial charge on any atom is 0.177 e. The SMILES string of the molecule is Cn1nc(-c2cccnc2)c2[nH]c(-c3cccc(Cn4cccn4)c3)nc21. The zero-order valence-corrected chi connectivity index (χ0v) is 14.7. The average molecular weight is 355 g/mol. The van der Waals surface area contributed by atoms with Gasteiger partial charge in [-0.2, -0.15) is 10.2 Å². The second-order valence-corrected chi connectivity index (χ2v) is 6.40. The van der Waals surface area contributed by atoms with Crippen molar-refractivity contribution in [3.05, 3.63) is 72.8 Å². The first-order chi connectivity index (χ1) is 13.3. The fourth-order valence-corrected chi connectivity index (χ4v) is 3.25. The third-order valence-corrected chi connectivity index (χ3v) is 4.52.